The second kappa shape index (κ2) is 31.7. The number of hydrogen-bond acceptors (Lipinski definition) is 5. The number of carbonyl (C=O) groups excluding carboxylic acids is 1. The molecule has 4 aliphatic carbocycles. The largest absolute Gasteiger partial charge is 0.400 e. The normalized spacial score (nSPS) is 25.4. The van der Waals surface area contributed by atoms with Gasteiger partial charge in [0.1, 0.15) is 6.29 Å². The van der Waals surface area contributed by atoms with Crippen LogP contribution in [0.3, 0.4) is 0 Å². The molecule has 1 N–H and O–H groups in total. The van der Waals surface area contributed by atoms with E-state index >= 15 is 0 Å². The van der Waals surface area contributed by atoms with Gasteiger partial charge in [-0.2, -0.15) is 0 Å². The second-order valence-electron chi connectivity index (χ2n) is 16.0. The van der Waals surface area contributed by atoms with E-state index in [0.717, 1.165) is 26.6 Å². The average Bonchev–Trinajstić information content (AvgIpc) is 4.03. The smallest absolute Gasteiger partial charge is 0.164 e. The van der Waals surface area contributed by atoms with Crippen LogP contribution in [0.5, 0.6) is 0 Å². The zero-order chi connectivity index (χ0) is 37.0. The van der Waals surface area contributed by atoms with Gasteiger partial charge in [0.15, 0.2) is 6.29 Å². The van der Waals surface area contributed by atoms with E-state index in [2.05, 4.69) is 87.3 Å². The fourth-order valence-electron chi connectivity index (χ4n) is 8.94. The quantitative estimate of drug-likeness (QED) is 0.163. The molecule has 1 saturated heterocycles. The van der Waals surface area contributed by atoms with Crippen molar-refractivity contribution in [3.05, 3.63) is 60.7 Å². The molecular weight excluding hydrogens is 806 g/mol. The molecule has 6 atom stereocenters. The Morgan fingerprint density at radius 1 is 0.636 bits per heavy atom. The second-order valence-corrected chi connectivity index (χ2v) is 24.5. The molecule has 0 spiro atoms. The number of benzene rings is 2. The minimum Gasteiger partial charge on any atom is -0.400 e. The molecule has 0 aromatic heterocycles. The molecule has 2 aromatic carbocycles. The topological polar surface area (TPSA) is 65.0 Å². The third-order valence-corrected chi connectivity index (χ3v) is 19.8. The summed E-state index contributed by atoms with van der Waals surface area (Å²) in [5.41, 5.74) is 1.32. The zero-order valence-corrected chi connectivity index (χ0v) is 37.9. The Kier molecular flexibility index (Phi) is 32.9. The van der Waals surface area contributed by atoms with Crippen molar-refractivity contribution in [2.45, 2.75) is 148 Å². The Bertz CT molecular complexity index is 1150. The van der Waals surface area contributed by atoms with E-state index in [1.54, 1.807) is 7.11 Å². The first kappa shape index (κ1) is 56.9. The van der Waals surface area contributed by atoms with Crippen LogP contribution in [0, 0.1) is 11.8 Å². The van der Waals surface area contributed by atoms with E-state index in [4.69, 9.17) is 19.3 Å². The van der Waals surface area contributed by atoms with Crippen molar-refractivity contribution >= 4 is 31.4 Å². The van der Waals surface area contributed by atoms with Crippen LogP contribution in [-0.4, -0.2) is 89.2 Å². The molecule has 320 valence electrons. The molecule has 2 aromatic rings. The molecule has 5 fully saturated rings. The van der Waals surface area contributed by atoms with Gasteiger partial charge in [-0.25, -0.2) is 0 Å². The Morgan fingerprint density at radius 2 is 1.05 bits per heavy atom. The zero-order valence-electron chi connectivity index (χ0n) is 33.9. The molecule has 1 heterocycles. The minimum absolute atomic E-state index is 0. The van der Waals surface area contributed by atoms with Gasteiger partial charge in [0, 0.05) is 68.8 Å². The number of methoxy groups -OCH3 is 1. The molecule has 4 unspecified atom stereocenters. The molecule has 5 nitrogen and oxygen atoms in total. The van der Waals surface area contributed by atoms with Gasteiger partial charge in [-0.1, -0.05) is 115 Å². The van der Waals surface area contributed by atoms with Gasteiger partial charge in [0.05, 0.1) is 73.8 Å². The van der Waals surface area contributed by atoms with E-state index in [-0.39, 0.29) is 61.4 Å². The van der Waals surface area contributed by atoms with Gasteiger partial charge in [0.2, 0.25) is 0 Å². The maximum atomic E-state index is 11.1. The Balaban J connectivity index is 0. The maximum Gasteiger partial charge on any atom is 0.164 e. The number of rotatable bonds is 8. The van der Waals surface area contributed by atoms with Gasteiger partial charge in [-0.15, -0.1) is 0 Å². The van der Waals surface area contributed by atoms with Crippen molar-refractivity contribution in [2.75, 3.05) is 54.1 Å². The van der Waals surface area contributed by atoms with Crippen LogP contribution in [0.15, 0.2) is 60.7 Å². The Morgan fingerprint density at radius 3 is 1.49 bits per heavy atom. The van der Waals surface area contributed by atoms with E-state index in [1.165, 1.54) is 113 Å². The molecule has 7 rings (SSSR count). The maximum absolute atomic E-state index is 11.1. The van der Waals surface area contributed by atoms with Gasteiger partial charge in [-0.05, 0) is 69.2 Å². The molecule has 0 radical (unpaired) electrons. The molecule has 0 amide bonds. The van der Waals surface area contributed by atoms with Crippen LogP contribution in [0.2, 0.25) is 0 Å². The average molecular weight is 889 g/mol. The first-order valence-corrected chi connectivity index (χ1v) is 25.7. The summed E-state index contributed by atoms with van der Waals surface area (Å²) < 4.78 is 17.6. The summed E-state index contributed by atoms with van der Waals surface area (Å²) in [5.74, 6) is 0.835. The summed E-state index contributed by atoms with van der Waals surface area (Å²) in [7, 11) is 0.408. The van der Waals surface area contributed by atoms with Crippen LogP contribution < -0.4 is 10.6 Å². The first-order chi connectivity index (χ1) is 24.8. The monoisotopic (exact) mass is 888 g/mol. The van der Waals surface area contributed by atoms with E-state index < -0.39 is 14.5 Å². The van der Waals surface area contributed by atoms with Crippen LogP contribution >= 0.6 is 14.5 Å². The number of hydrogen-bond donors (Lipinski definition) is 1. The van der Waals surface area contributed by atoms with Gasteiger partial charge < -0.3 is 24.1 Å². The SMILES string of the molecule is C.C.C1CCCC1.C1CCCC1.CO.COC[C@@H]1CCO[C@H](C2CCCC2[P+](C)(C)c2ccccc2)O1.C[P+](C)(c1ccccc1)C1CCCC1C=O.[Fe].[Fe]. The van der Waals surface area contributed by atoms with Crippen LogP contribution in [-0.2, 0) is 53.1 Å². The first-order valence-electron chi connectivity index (χ1n) is 20.2. The number of carbonyl (C=O) groups is 1. The number of aliphatic hydroxyl groups excluding tert-OH is 1. The fourth-order valence-corrected chi connectivity index (χ4v) is 15.7. The standard InChI is InChI=1S/C19H30O3P.C14H20OP.2C5H10.CH4O.2CH4.2Fe/c1-20-14-15-12-13-21-19(22-15)17-10-7-11-18(17)23(2,3)16-8-5-4-6-9-16;1-16(2,13-8-4-3-5-9-13)14-10-6-7-12(14)11-15;2*1-2-4-5-3-1;1-2;;;;/h4-6,8-9,15,17-19H,7,10-14H2,1-3H3;3-5,8-9,11-12,14H,6-7,10H2,1-2H3;2*1-5H2;2H,1H3;2*1H4;;/q2*+1;;;;;;;/t15-,17?,18?,19-;;;;;;;;/m0......../s1. The molecule has 9 heteroatoms. The van der Waals surface area contributed by atoms with Gasteiger partial charge in [0.25, 0.3) is 0 Å². The van der Waals surface area contributed by atoms with E-state index in [9.17, 15) is 4.79 Å². The molecule has 4 saturated carbocycles. The minimum atomic E-state index is -1.19. The Hall–Kier alpha value is -0.151. The van der Waals surface area contributed by atoms with E-state index in [0.29, 0.717) is 29.8 Å². The van der Waals surface area contributed by atoms with Crippen LogP contribution in [0.4, 0.5) is 0 Å². The summed E-state index contributed by atoms with van der Waals surface area (Å²) >= 11 is 0. The van der Waals surface area contributed by atoms with E-state index in [1.807, 2.05) is 0 Å². The third-order valence-electron chi connectivity index (χ3n) is 12.0. The molecule has 1 aliphatic heterocycles. The summed E-state index contributed by atoms with van der Waals surface area (Å²) in [6.07, 6.45) is 24.7. The van der Waals surface area contributed by atoms with Crippen LogP contribution in [0.25, 0.3) is 0 Å². The van der Waals surface area contributed by atoms with Gasteiger partial charge >= 0.3 is 0 Å². The predicted octanol–water partition coefficient (Wildman–Crippen LogP) is 11.3. The molecular formula is C46H82Fe2O5P2+2. The van der Waals surface area contributed by atoms with Gasteiger partial charge in [-0.3, -0.25) is 0 Å². The van der Waals surface area contributed by atoms with Crippen molar-refractivity contribution in [1.29, 1.82) is 0 Å². The Labute approximate surface area is 362 Å². The third kappa shape index (κ3) is 18.3. The number of aldehydes is 1. The van der Waals surface area contributed by atoms with Crippen molar-refractivity contribution in [1.82, 2.24) is 0 Å². The molecule has 0 bridgehead atoms. The van der Waals surface area contributed by atoms with Crippen molar-refractivity contribution in [3.8, 4) is 0 Å². The van der Waals surface area contributed by atoms with Crippen molar-refractivity contribution < 1.29 is 58.2 Å². The number of aliphatic hydroxyl groups is 1. The van der Waals surface area contributed by atoms with Crippen molar-refractivity contribution in [3.63, 3.8) is 0 Å². The number of ether oxygens (including phenoxy) is 3. The summed E-state index contributed by atoms with van der Waals surface area (Å²) in [6, 6.07) is 21.8. The summed E-state index contributed by atoms with van der Waals surface area (Å²) in [4.78, 5) is 11.1. The van der Waals surface area contributed by atoms with Crippen LogP contribution in [0.1, 0.15) is 124 Å². The fraction of sp³-hybridized carbons (Fsp3) is 0.717. The van der Waals surface area contributed by atoms with Crippen molar-refractivity contribution in [2.24, 2.45) is 11.8 Å². The molecule has 5 aliphatic rings. The predicted molar refractivity (Wildman–Crippen MR) is 237 cm³/mol. The molecule has 55 heavy (non-hydrogen) atoms. The summed E-state index contributed by atoms with van der Waals surface area (Å²) in [5, 5.41) is 10.00. The summed E-state index contributed by atoms with van der Waals surface area (Å²) in [6.45, 7) is 11.2.